The number of unbranched alkanes of at least 4 members (excludes halogenated alkanes) is 3. The minimum atomic E-state index is 0.243. The lowest BCUT2D eigenvalue weighted by Crippen LogP contribution is -2.00. The minimum Gasteiger partial charge on any atom is -0.508 e. The monoisotopic (exact) mass is 250 g/mol. The number of phenolic OH excluding ortho intramolecular Hbond substituents is 2. The normalized spacial score (nSPS) is 12.6. The van der Waals surface area contributed by atoms with E-state index in [1.54, 1.807) is 18.2 Å². The molecule has 0 amide bonds. The second-order valence-corrected chi connectivity index (χ2v) is 5.04. The van der Waals surface area contributed by atoms with E-state index in [2.05, 4.69) is 13.8 Å². The van der Waals surface area contributed by atoms with Gasteiger partial charge in [-0.1, -0.05) is 52.0 Å². The van der Waals surface area contributed by atoms with Crippen LogP contribution in [0.15, 0.2) is 18.2 Å². The summed E-state index contributed by atoms with van der Waals surface area (Å²) in [4.78, 5) is 0. The quantitative estimate of drug-likeness (QED) is 0.641. The molecule has 0 heterocycles. The molecule has 1 rings (SSSR count). The molecule has 1 aromatic rings. The first-order chi connectivity index (χ1) is 8.70. The summed E-state index contributed by atoms with van der Waals surface area (Å²) in [5.74, 6) is 0.776. The van der Waals surface area contributed by atoms with Gasteiger partial charge < -0.3 is 10.2 Å². The predicted octanol–water partition coefficient (Wildman–Crippen LogP) is 4.95. The molecule has 1 unspecified atom stereocenters. The van der Waals surface area contributed by atoms with E-state index in [9.17, 15) is 10.2 Å². The summed E-state index contributed by atoms with van der Waals surface area (Å²) in [6, 6.07) is 5.04. The Balaban J connectivity index is 2.79. The third-order valence-electron chi connectivity index (χ3n) is 3.53. The Morgan fingerprint density at radius 2 is 1.44 bits per heavy atom. The first-order valence-corrected chi connectivity index (χ1v) is 7.21. The molecular formula is C16H26O2. The summed E-state index contributed by atoms with van der Waals surface area (Å²) in [5, 5.41) is 19.9. The van der Waals surface area contributed by atoms with Crippen molar-refractivity contribution in [3.05, 3.63) is 23.8 Å². The van der Waals surface area contributed by atoms with E-state index in [-0.39, 0.29) is 17.4 Å². The zero-order valence-electron chi connectivity index (χ0n) is 11.7. The Morgan fingerprint density at radius 1 is 0.889 bits per heavy atom. The molecule has 0 aliphatic rings. The molecule has 0 aliphatic heterocycles. The van der Waals surface area contributed by atoms with Crippen LogP contribution in [-0.2, 0) is 0 Å². The van der Waals surface area contributed by atoms with Crippen LogP contribution in [-0.4, -0.2) is 10.2 Å². The van der Waals surface area contributed by atoms with Gasteiger partial charge in [0.25, 0.3) is 0 Å². The predicted molar refractivity (Wildman–Crippen MR) is 76.2 cm³/mol. The van der Waals surface area contributed by atoms with Crippen LogP contribution in [0.5, 0.6) is 11.5 Å². The van der Waals surface area contributed by atoms with Crippen molar-refractivity contribution in [3.8, 4) is 11.5 Å². The summed E-state index contributed by atoms with van der Waals surface area (Å²) in [7, 11) is 0. The van der Waals surface area contributed by atoms with E-state index in [0.29, 0.717) is 0 Å². The summed E-state index contributed by atoms with van der Waals surface area (Å²) in [6.45, 7) is 4.37. The smallest absolute Gasteiger partial charge is 0.122 e. The lowest BCUT2D eigenvalue weighted by molar-refractivity contribution is 0.411. The Labute approximate surface area is 111 Å². The average molecular weight is 250 g/mol. The van der Waals surface area contributed by atoms with Gasteiger partial charge in [0.1, 0.15) is 11.5 Å². The van der Waals surface area contributed by atoms with Gasteiger partial charge in [0.2, 0.25) is 0 Å². The Bertz CT molecular complexity index is 327. The average Bonchev–Trinajstić information content (AvgIpc) is 2.35. The molecule has 0 aliphatic carbocycles. The third kappa shape index (κ3) is 4.25. The topological polar surface area (TPSA) is 40.5 Å². The van der Waals surface area contributed by atoms with Gasteiger partial charge in [-0.15, -0.1) is 0 Å². The summed E-state index contributed by atoms with van der Waals surface area (Å²) in [6.07, 6.45) is 7.98. The second-order valence-electron chi connectivity index (χ2n) is 5.04. The first-order valence-electron chi connectivity index (χ1n) is 7.21. The van der Waals surface area contributed by atoms with Gasteiger partial charge in [-0.05, 0) is 30.9 Å². The van der Waals surface area contributed by atoms with Crippen molar-refractivity contribution in [1.82, 2.24) is 0 Å². The minimum absolute atomic E-state index is 0.243. The number of benzene rings is 1. The van der Waals surface area contributed by atoms with Gasteiger partial charge in [-0.3, -0.25) is 0 Å². The molecule has 0 fully saturated rings. The molecule has 2 heteroatoms. The highest BCUT2D eigenvalue weighted by Gasteiger charge is 2.18. The van der Waals surface area contributed by atoms with Gasteiger partial charge in [-0.2, -0.15) is 0 Å². The van der Waals surface area contributed by atoms with E-state index in [1.165, 1.54) is 19.3 Å². The van der Waals surface area contributed by atoms with E-state index in [4.69, 9.17) is 0 Å². The first kappa shape index (κ1) is 14.9. The van der Waals surface area contributed by atoms with Crippen LogP contribution in [0.4, 0.5) is 0 Å². The molecule has 0 spiro atoms. The summed E-state index contributed by atoms with van der Waals surface area (Å²) < 4.78 is 0. The number of hydrogen-bond donors (Lipinski definition) is 2. The molecule has 0 aromatic heterocycles. The van der Waals surface area contributed by atoms with Gasteiger partial charge in [-0.25, -0.2) is 0 Å². The van der Waals surface area contributed by atoms with Crippen molar-refractivity contribution in [2.75, 3.05) is 0 Å². The molecule has 0 radical (unpaired) electrons. The highest BCUT2D eigenvalue weighted by Crippen LogP contribution is 2.39. The second kappa shape index (κ2) is 8.02. The van der Waals surface area contributed by atoms with Gasteiger partial charge in [0.15, 0.2) is 0 Å². The van der Waals surface area contributed by atoms with E-state index in [0.717, 1.165) is 31.2 Å². The molecule has 102 valence electrons. The fraction of sp³-hybridized carbons (Fsp3) is 0.625. The molecule has 0 saturated carbocycles. The highest BCUT2D eigenvalue weighted by molar-refractivity contribution is 5.45. The molecule has 1 atom stereocenters. The third-order valence-corrected chi connectivity index (χ3v) is 3.53. The maximum absolute atomic E-state index is 9.96. The van der Waals surface area contributed by atoms with Crippen molar-refractivity contribution in [2.24, 2.45) is 0 Å². The molecule has 2 N–H and O–H groups in total. The fourth-order valence-electron chi connectivity index (χ4n) is 2.48. The largest absolute Gasteiger partial charge is 0.508 e. The number of phenols is 2. The van der Waals surface area contributed by atoms with Crippen molar-refractivity contribution in [1.29, 1.82) is 0 Å². The molecule has 0 saturated heterocycles. The fourth-order valence-corrected chi connectivity index (χ4v) is 2.48. The van der Waals surface area contributed by atoms with Crippen molar-refractivity contribution in [3.63, 3.8) is 0 Å². The molecular weight excluding hydrogens is 224 g/mol. The summed E-state index contributed by atoms with van der Waals surface area (Å²) >= 11 is 0. The number of aromatic hydroxyl groups is 2. The maximum Gasteiger partial charge on any atom is 0.122 e. The van der Waals surface area contributed by atoms with Crippen LogP contribution in [0.3, 0.4) is 0 Å². The molecule has 2 nitrogen and oxygen atoms in total. The SMILES string of the molecule is CCCCCC(CCCC)c1c(O)cccc1O. The van der Waals surface area contributed by atoms with Crippen molar-refractivity contribution < 1.29 is 10.2 Å². The van der Waals surface area contributed by atoms with Crippen LogP contribution in [0, 0.1) is 0 Å². The number of hydrogen-bond acceptors (Lipinski definition) is 2. The van der Waals surface area contributed by atoms with E-state index in [1.807, 2.05) is 0 Å². The number of rotatable bonds is 8. The van der Waals surface area contributed by atoms with Crippen molar-refractivity contribution in [2.45, 2.75) is 64.7 Å². The van der Waals surface area contributed by atoms with Gasteiger partial charge >= 0.3 is 0 Å². The van der Waals surface area contributed by atoms with Crippen LogP contribution in [0.25, 0.3) is 0 Å². The van der Waals surface area contributed by atoms with Crippen LogP contribution in [0.2, 0.25) is 0 Å². The van der Waals surface area contributed by atoms with E-state index < -0.39 is 0 Å². The van der Waals surface area contributed by atoms with Crippen molar-refractivity contribution >= 4 is 0 Å². The Morgan fingerprint density at radius 3 is 2.00 bits per heavy atom. The Kier molecular flexibility index (Phi) is 6.63. The van der Waals surface area contributed by atoms with Crippen LogP contribution in [0.1, 0.15) is 70.3 Å². The lowest BCUT2D eigenvalue weighted by Gasteiger charge is -2.19. The van der Waals surface area contributed by atoms with Crippen LogP contribution < -0.4 is 0 Å². The molecule has 1 aromatic carbocycles. The lowest BCUT2D eigenvalue weighted by atomic mass is 9.87. The zero-order chi connectivity index (χ0) is 13.4. The highest BCUT2D eigenvalue weighted by atomic mass is 16.3. The Hall–Kier alpha value is -1.18. The summed E-state index contributed by atoms with van der Waals surface area (Å²) in [5.41, 5.74) is 0.752. The molecule has 18 heavy (non-hydrogen) atoms. The van der Waals surface area contributed by atoms with Gasteiger partial charge in [0, 0.05) is 5.56 Å². The zero-order valence-corrected chi connectivity index (χ0v) is 11.7. The van der Waals surface area contributed by atoms with Crippen LogP contribution >= 0.6 is 0 Å². The molecule has 0 bridgehead atoms. The maximum atomic E-state index is 9.96. The van der Waals surface area contributed by atoms with E-state index >= 15 is 0 Å². The standard InChI is InChI=1S/C16H26O2/c1-3-5-7-10-13(9-6-4-2)16-14(17)11-8-12-15(16)18/h8,11-13,17-18H,3-7,9-10H2,1-2H3. The van der Waals surface area contributed by atoms with Gasteiger partial charge in [0.05, 0.1) is 0 Å².